The largest absolute Gasteiger partial charge is 0.206 e. The minimum Gasteiger partial charge on any atom is -0.206 e. The van der Waals surface area contributed by atoms with E-state index >= 15 is 0 Å². The van der Waals surface area contributed by atoms with Crippen LogP contribution in [0.4, 0.5) is 14.5 Å². The third-order valence-corrected chi connectivity index (χ3v) is 12.6. The van der Waals surface area contributed by atoms with E-state index in [1.165, 1.54) is 19.1 Å². The predicted molar refractivity (Wildman–Crippen MR) is 138 cm³/mol. The fourth-order valence-electron chi connectivity index (χ4n) is 3.21. The molecule has 0 aliphatic carbocycles. The number of halogens is 2. The van der Waals surface area contributed by atoms with Crippen molar-refractivity contribution in [1.82, 2.24) is 0 Å². The molecule has 0 atom stereocenters. The Kier molecular flexibility index (Phi) is 8.83. The number of allylic oxidation sites excluding steroid dienone is 1. The van der Waals surface area contributed by atoms with Crippen molar-refractivity contribution >= 4 is 39.9 Å². The number of carbonyl (C=O) groups is 1. The first-order valence-electron chi connectivity index (χ1n) is 11.0. The monoisotopic (exact) mass is 569 g/mol. The fourth-order valence-corrected chi connectivity index (χ4v) is 9.15. The second kappa shape index (κ2) is 11.6. The molecule has 0 unspecified atom stereocenters. The van der Waals surface area contributed by atoms with E-state index in [9.17, 15) is 22.0 Å². The Morgan fingerprint density at radius 1 is 1.03 bits per heavy atom. The molecule has 5 nitrogen and oxygen atoms in total. The Bertz CT molecular complexity index is 1440. The molecule has 185 valence electrons. The van der Waals surface area contributed by atoms with Crippen molar-refractivity contribution in [3.8, 4) is 17.2 Å². The molecule has 0 fully saturated rings. The molecule has 36 heavy (non-hydrogen) atoms. The Morgan fingerprint density at radius 2 is 1.61 bits per heavy atom. The van der Waals surface area contributed by atoms with Gasteiger partial charge in [0.2, 0.25) is 0 Å². The number of rotatable bonds is 8. The van der Waals surface area contributed by atoms with Gasteiger partial charge in [-0.2, -0.15) is 5.26 Å². The molecule has 9 heteroatoms. The van der Waals surface area contributed by atoms with Gasteiger partial charge >= 0.3 is 148 Å². The summed E-state index contributed by atoms with van der Waals surface area (Å²) in [5.41, 5.74) is 1.94. The number of hydrogen-bond acceptors (Lipinski definition) is 4. The van der Waals surface area contributed by atoms with E-state index in [0.717, 1.165) is 17.2 Å². The maximum absolute atomic E-state index is 14.7. The minimum atomic E-state index is -3.24. The van der Waals surface area contributed by atoms with E-state index in [1.807, 2.05) is 13.8 Å². The Balaban J connectivity index is 1.72. The Labute approximate surface area is 215 Å². The van der Waals surface area contributed by atoms with E-state index in [2.05, 4.69) is 5.32 Å². The van der Waals surface area contributed by atoms with Crippen LogP contribution in [0.25, 0.3) is 16.7 Å². The molecule has 0 aliphatic heterocycles. The summed E-state index contributed by atoms with van der Waals surface area (Å²) in [7, 11) is -3.24. The number of nitrogens with one attached hydrogen (secondary N) is 1. The van der Waals surface area contributed by atoms with Crippen molar-refractivity contribution in [2.75, 3.05) is 5.32 Å². The van der Waals surface area contributed by atoms with Crippen LogP contribution < -0.4 is 5.32 Å². The number of nitriles is 1. The van der Waals surface area contributed by atoms with Crippen LogP contribution in [-0.2, 0) is 12.9 Å². The molecular weight excluding hydrogens is 545 g/mol. The average molecular weight is 569 g/mol. The summed E-state index contributed by atoms with van der Waals surface area (Å²) in [6, 6.07) is 18.6. The van der Waals surface area contributed by atoms with Gasteiger partial charge in [-0.3, -0.25) is 0 Å². The molecule has 0 heterocycles. The number of nitrogens with zero attached hydrogens (tertiary/aromatic N) is 1. The van der Waals surface area contributed by atoms with Gasteiger partial charge in [0, 0.05) is 0 Å². The van der Waals surface area contributed by atoms with Crippen LogP contribution in [0.1, 0.15) is 31.9 Å². The molecule has 3 aromatic rings. The van der Waals surface area contributed by atoms with Gasteiger partial charge in [-0.1, -0.05) is 6.07 Å². The van der Waals surface area contributed by atoms with Crippen LogP contribution in [0.15, 0.2) is 77.5 Å². The van der Waals surface area contributed by atoms with Gasteiger partial charge in [0.15, 0.2) is 0 Å². The quantitative estimate of drug-likeness (QED) is 0.260. The molecule has 1 amide bonds. The molecule has 0 saturated carbocycles. The van der Waals surface area contributed by atoms with E-state index in [0.29, 0.717) is 21.7 Å². The molecule has 3 rings (SSSR count). The molecule has 0 aromatic heterocycles. The molecular formula is C27H24AsF2N2O3S. The van der Waals surface area contributed by atoms with E-state index in [-0.39, 0.29) is 16.7 Å². The SMILES string of the molecule is CC(=C(F)C(=O)Nc1ccc(-c2ccc(S(=O)(=O)[As]CC(C)C)cc2)cc1)c1ccc(F)c(C#N)c1. The summed E-state index contributed by atoms with van der Waals surface area (Å²) in [4.78, 5) is 12.7. The van der Waals surface area contributed by atoms with Crippen LogP contribution in [0.5, 0.6) is 0 Å². The molecule has 0 bridgehead atoms. The summed E-state index contributed by atoms with van der Waals surface area (Å²) in [6.45, 7) is 5.38. The van der Waals surface area contributed by atoms with Crippen LogP contribution >= 0.6 is 0 Å². The van der Waals surface area contributed by atoms with Crippen molar-refractivity contribution < 1.29 is 22.0 Å². The zero-order chi connectivity index (χ0) is 26.5. The van der Waals surface area contributed by atoms with E-state index in [4.69, 9.17) is 5.26 Å². The van der Waals surface area contributed by atoms with Crippen molar-refractivity contribution in [3.63, 3.8) is 0 Å². The summed E-state index contributed by atoms with van der Waals surface area (Å²) in [5, 5.41) is 12.1. The predicted octanol–water partition coefficient (Wildman–Crippen LogP) is 6.17. The van der Waals surface area contributed by atoms with Gasteiger partial charge in [0.05, 0.1) is 5.56 Å². The number of carbonyl (C=O) groups excluding carboxylic acids is 1. The standard InChI is InChI=1S/C27H24AsF2N2O3S/c1-17(2)15-28-36(34,35)24-11-6-20(7-12-24)19-4-9-23(10-5-19)32-27(33)26(30)18(3)21-8-13-25(29)22(14-21)16-31/h4-14,17H,15H2,1-3H3,(H,32,33). The van der Waals surface area contributed by atoms with Crippen LogP contribution in [0.3, 0.4) is 0 Å². The van der Waals surface area contributed by atoms with Crippen molar-refractivity contribution in [1.29, 1.82) is 5.26 Å². The molecule has 0 saturated heterocycles. The number of amides is 1. The second-order valence-corrected chi connectivity index (χ2v) is 15.6. The van der Waals surface area contributed by atoms with Gasteiger partial charge < -0.3 is 0 Å². The number of anilines is 1. The zero-order valence-corrected chi connectivity index (χ0v) is 22.6. The van der Waals surface area contributed by atoms with Crippen molar-refractivity contribution in [3.05, 3.63) is 89.5 Å². The summed E-state index contributed by atoms with van der Waals surface area (Å²) in [6.07, 6.45) is 0. The number of benzene rings is 3. The minimum absolute atomic E-state index is 0.0221. The van der Waals surface area contributed by atoms with E-state index in [1.54, 1.807) is 54.6 Å². The molecule has 0 spiro atoms. The van der Waals surface area contributed by atoms with Gasteiger partial charge in [0.1, 0.15) is 11.9 Å². The third-order valence-electron chi connectivity index (χ3n) is 5.29. The van der Waals surface area contributed by atoms with Gasteiger partial charge in [-0.25, -0.2) is 8.78 Å². The maximum atomic E-state index is 14.7. The molecule has 0 aliphatic rings. The Morgan fingerprint density at radius 3 is 2.17 bits per heavy atom. The van der Waals surface area contributed by atoms with Crippen molar-refractivity contribution in [2.45, 2.75) is 30.9 Å². The summed E-state index contributed by atoms with van der Waals surface area (Å²) < 4.78 is 53.3. The second-order valence-electron chi connectivity index (χ2n) is 8.48. The number of hydrogen-bond donors (Lipinski definition) is 1. The topological polar surface area (TPSA) is 87.0 Å². The van der Waals surface area contributed by atoms with Crippen LogP contribution in [-0.4, -0.2) is 28.9 Å². The first-order chi connectivity index (χ1) is 17.0. The fraction of sp³-hybridized carbons (Fsp3) is 0.185. The van der Waals surface area contributed by atoms with Gasteiger partial charge in [-0.05, 0) is 30.2 Å². The molecule has 3 aromatic carbocycles. The van der Waals surface area contributed by atoms with E-state index < -0.39 is 40.2 Å². The Hall–Kier alpha value is -3.27. The smallest absolute Gasteiger partial charge is 0.140 e. The zero-order valence-electron chi connectivity index (χ0n) is 19.9. The summed E-state index contributed by atoms with van der Waals surface area (Å²) in [5.74, 6) is -2.40. The maximum Gasteiger partial charge on any atom is 0.140 e. The first-order valence-corrected chi connectivity index (χ1v) is 16.1. The van der Waals surface area contributed by atoms with Gasteiger partial charge in [-0.15, -0.1) is 0 Å². The van der Waals surface area contributed by atoms with Crippen LogP contribution in [0, 0.1) is 23.1 Å². The van der Waals surface area contributed by atoms with Crippen molar-refractivity contribution in [2.24, 2.45) is 5.92 Å². The summed E-state index contributed by atoms with van der Waals surface area (Å²) >= 11 is -0.822. The third kappa shape index (κ3) is 6.69. The normalized spacial score (nSPS) is 12.5. The molecule has 1 N–H and O–H groups in total. The van der Waals surface area contributed by atoms with Gasteiger partial charge in [0.25, 0.3) is 0 Å². The first kappa shape index (κ1) is 27.3. The molecule has 1 radical (unpaired) electrons. The average Bonchev–Trinajstić information content (AvgIpc) is 2.87. The van der Waals surface area contributed by atoms with Crippen LogP contribution in [0.2, 0.25) is 5.21 Å².